The Morgan fingerprint density at radius 1 is 1.22 bits per heavy atom. The average Bonchev–Trinajstić information content (AvgIpc) is 2.99. The number of nitrogens with zero attached hydrogens (tertiary/aromatic N) is 1. The Balaban J connectivity index is 1.69. The quantitative estimate of drug-likeness (QED) is 0.896. The van der Waals surface area contributed by atoms with Crippen LogP contribution in [0.3, 0.4) is 0 Å². The Bertz CT molecular complexity index is 797. The molecule has 0 aliphatic carbocycles. The Labute approximate surface area is 133 Å². The van der Waals surface area contributed by atoms with E-state index < -0.39 is 11.5 Å². The first-order valence-electron chi connectivity index (χ1n) is 7.50. The average molecular weight is 311 g/mol. The molecule has 23 heavy (non-hydrogen) atoms. The van der Waals surface area contributed by atoms with Gasteiger partial charge in [0.2, 0.25) is 5.91 Å². The van der Waals surface area contributed by atoms with E-state index >= 15 is 0 Å². The third-order valence-electron chi connectivity index (χ3n) is 3.81. The van der Waals surface area contributed by atoms with E-state index in [1.807, 2.05) is 24.3 Å². The van der Waals surface area contributed by atoms with Crippen molar-refractivity contribution in [2.75, 3.05) is 11.4 Å². The van der Waals surface area contributed by atoms with Gasteiger partial charge < -0.3 is 15.2 Å². The number of pyridine rings is 1. The van der Waals surface area contributed by atoms with Crippen LogP contribution >= 0.6 is 0 Å². The van der Waals surface area contributed by atoms with E-state index in [9.17, 15) is 14.4 Å². The molecular weight excluding hydrogens is 294 g/mol. The normalized spacial score (nSPS) is 14.1. The van der Waals surface area contributed by atoms with E-state index in [0.29, 0.717) is 13.0 Å². The highest BCUT2D eigenvalue weighted by Crippen LogP contribution is 2.22. The summed E-state index contributed by atoms with van der Waals surface area (Å²) in [5.41, 5.74) is 1.39. The summed E-state index contributed by atoms with van der Waals surface area (Å²) >= 11 is 0. The second-order valence-corrected chi connectivity index (χ2v) is 5.41. The van der Waals surface area contributed by atoms with E-state index in [0.717, 1.165) is 24.2 Å². The zero-order valence-corrected chi connectivity index (χ0v) is 12.5. The largest absolute Gasteiger partial charge is 0.348 e. The standard InChI is InChI=1S/C17H17N3O3/c21-15-7-3-9-20(15)13-5-1-4-12(10-13)11-19-17(23)14-6-2-8-18-16(14)22/h1-2,4-6,8,10H,3,7,9,11H2,(H,18,22)(H,19,23). The van der Waals surface area contributed by atoms with Crippen LogP contribution in [0.25, 0.3) is 0 Å². The topological polar surface area (TPSA) is 82.3 Å². The van der Waals surface area contributed by atoms with Crippen molar-refractivity contribution in [1.82, 2.24) is 10.3 Å². The first-order valence-corrected chi connectivity index (χ1v) is 7.50. The molecular formula is C17H17N3O3. The molecule has 3 rings (SSSR count). The predicted molar refractivity (Wildman–Crippen MR) is 86.3 cm³/mol. The molecule has 0 bridgehead atoms. The molecule has 1 aliphatic rings. The molecule has 2 N–H and O–H groups in total. The number of anilines is 1. The summed E-state index contributed by atoms with van der Waals surface area (Å²) in [4.78, 5) is 39.6. The van der Waals surface area contributed by atoms with Crippen LogP contribution in [0.15, 0.2) is 47.4 Å². The van der Waals surface area contributed by atoms with Crippen LogP contribution in [0.2, 0.25) is 0 Å². The smallest absolute Gasteiger partial charge is 0.260 e. The van der Waals surface area contributed by atoms with Gasteiger partial charge in [0.15, 0.2) is 0 Å². The highest BCUT2D eigenvalue weighted by molar-refractivity contribution is 5.95. The van der Waals surface area contributed by atoms with Crippen molar-refractivity contribution in [1.29, 1.82) is 0 Å². The monoisotopic (exact) mass is 311 g/mol. The number of carbonyl (C=O) groups excluding carboxylic acids is 2. The van der Waals surface area contributed by atoms with E-state index in [4.69, 9.17) is 0 Å². The van der Waals surface area contributed by atoms with Gasteiger partial charge in [-0.3, -0.25) is 14.4 Å². The summed E-state index contributed by atoms with van der Waals surface area (Å²) in [6.07, 6.45) is 2.93. The summed E-state index contributed by atoms with van der Waals surface area (Å²) in [7, 11) is 0. The van der Waals surface area contributed by atoms with Crippen molar-refractivity contribution >= 4 is 17.5 Å². The predicted octanol–water partition coefficient (Wildman–Crippen LogP) is 1.43. The van der Waals surface area contributed by atoms with Crippen molar-refractivity contribution in [3.8, 4) is 0 Å². The summed E-state index contributed by atoms with van der Waals surface area (Å²) in [5.74, 6) is -0.295. The zero-order chi connectivity index (χ0) is 16.2. The molecule has 0 spiro atoms. The minimum atomic E-state index is -0.422. The van der Waals surface area contributed by atoms with Crippen LogP contribution in [0.5, 0.6) is 0 Å². The van der Waals surface area contributed by atoms with Gasteiger partial charge in [0.1, 0.15) is 5.56 Å². The molecule has 2 heterocycles. The van der Waals surface area contributed by atoms with Crippen LogP contribution < -0.4 is 15.8 Å². The second kappa shape index (κ2) is 6.48. The Hall–Kier alpha value is -2.89. The Kier molecular flexibility index (Phi) is 4.23. The number of nitrogens with one attached hydrogen (secondary N) is 2. The van der Waals surface area contributed by atoms with Gasteiger partial charge in [-0.1, -0.05) is 12.1 Å². The number of carbonyl (C=O) groups is 2. The number of aromatic nitrogens is 1. The number of H-pyrrole nitrogens is 1. The van der Waals surface area contributed by atoms with Crippen LogP contribution in [0.1, 0.15) is 28.8 Å². The third-order valence-corrected chi connectivity index (χ3v) is 3.81. The van der Waals surface area contributed by atoms with E-state index in [1.165, 1.54) is 12.3 Å². The lowest BCUT2D eigenvalue weighted by atomic mass is 10.1. The van der Waals surface area contributed by atoms with Gasteiger partial charge in [-0.15, -0.1) is 0 Å². The SMILES string of the molecule is O=C(NCc1cccc(N2CCCC2=O)c1)c1ccc[nH]c1=O. The minimum absolute atomic E-state index is 0.0818. The summed E-state index contributed by atoms with van der Waals surface area (Å²) in [6.45, 7) is 1.02. The van der Waals surface area contributed by atoms with Crippen LogP contribution in [0.4, 0.5) is 5.69 Å². The summed E-state index contributed by atoms with van der Waals surface area (Å²) < 4.78 is 0. The van der Waals surface area contributed by atoms with E-state index in [-0.39, 0.29) is 11.5 Å². The molecule has 1 aliphatic heterocycles. The molecule has 1 aromatic carbocycles. The second-order valence-electron chi connectivity index (χ2n) is 5.41. The lowest BCUT2D eigenvalue weighted by Crippen LogP contribution is -2.29. The summed E-state index contributed by atoms with van der Waals surface area (Å²) in [6, 6.07) is 10.6. The molecule has 6 heteroatoms. The number of benzene rings is 1. The molecule has 0 radical (unpaired) electrons. The van der Waals surface area contributed by atoms with Crippen LogP contribution in [0, 0.1) is 0 Å². The number of hydrogen-bond donors (Lipinski definition) is 2. The number of amides is 2. The molecule has 1 fully saturated rings. The number of hydrogen-bond acceptors (Lipinski definition) is 3. The highest BCUT2D eigenvalue weighted by atomic mass is 16.2. The van der Waals surface area contributed by atoms with Gasteiger partial charge in [-0.2, -0.15) is 0 Å². The third kappa shape index (κ3) is 3.31. The van der Waals surface area contributed by atoms with E-state index in [1.54, 1.807) is 11.0 Å². The van der Waals surface area contributed by atoms with Crippen LogP contribution in [-0.4, -0.2) is 23.3 Å². The van der Waals surface area contributed by atoms with Crippen molar-refractivity contribution < 1.29 is 9.59 Å². The van der Waals surface area contributed by atoms with Crippen molar-refractivity contribution in [2.45, 2.75) is 19.4 Å². The van der Waals surface area contributed by atoms with Crippen LogP contribution in [-0.2, 0) is 11.3 Å². The fraction of sp³-hybridized carbons (Fsp3) is 0.235. The fourth-order valence-corrected chi connectivity index (χ4v) is 2.63. The van der Waals surface area contributed by atoms with Gasteiger partial charge in [-0.25, -0.2) is 0 Å². The highest BCUT2D eigenvalue weighted by Gasteiger charge is 2.21. The first kappa shape index (κ1) is 15.0. The Morgan fingerprint density at radius 3 is 2.83 bits per heavy atom. The molecule has 0 atom stereocenters. The maximum atomic E-state index is 12.0. The summed E-state index contributed by atoms with van der Waals surface area (Å²) in [5, 5.41) is 2.72. The fourth-order valence-electron chi connectivity index (χ4n) is 2.63. The first-order chi connectivity index (χ1) is 11.1. The molecule has 2 amide bonds. The molecule has 1 saturated heterocycles. The number of aromatic amines is 1. The van der Waals surface area contributed by atoms with Gasteiger partial charge in [0.05, 0.1) is 0 Å². The maximum absolute atomic E-state index is 12.0. The maximum Gasteiger partial charge on any atom is 0.260 e. The number of rotatable bonds is 4. The Morgan fingerprint density at radius 2 is 2.09 bits per heavy atom. The molecule has 0 unspecified atom stereocenters. The zero-order valence-electron chi connectivity index (χ0n) is 12.5. The van der Waals surface area contributed by atoms with E-state index in [2.05, 4.69) is 10.3 Å². The molecule has 2 aromatic rings. The van der Waals surface area contributed by atoms with Gasteiger partial charge in [0.25, 0.3) is 11.5 Å². The lowest BCUT2D eigenvalue weighted by molar-refractivity contribution is -0.117. The molecule has 1 aromatic heterocycles. The van der Waals surface area contributed by atoms with Gasteiger partial charge >= 0.3 is 0 Å². The minimum Gasteiger partial charge on any atom is -0.348 e. The molecule has 118 valence electrons. The van der Waals surface area contributed by atoms with Gasteiger partial charge in [-0.05, 0) is 36.2 Å². The molecule has 6 nitrogen and oxygen atoms in total. The lowest BCUT2D eigenvalue weighted by Gasteiger charge is -2.16. The van der Waals surface area contributed by atoms with Gasteiger partial charge in [0, 0.05) is 31.4 Å². The van der Waals surface area contributed by atoms with Crippen molar-refractivity contribution in [3.05, 3.63) is 64.1 Å². The van der Waals surface area contributed by atoms with Crippen molar-refractivity contribution in [2.24, 2.45) is 0 Å². The molecule has 0 saturated carbocycles. The van der Waals surface area contributed by atoms with Crippen molar-refractivity contribution in [3.63, 3.8) is 0 Å².